The van der Waals surface area contributed by atoms with E-state index in [1.165, 1.54) is 6.07 Å². The molecule has 152 valence electrons. The molecule has 1 atom stereocenters. The first-order valence-corrected chi connectivity index (χ1v) is 9.80. The zero-order valence-corrected chi connectivity index (χ0v) is 16.8. The van der Waals surface area contributed by atoms with Gasteiger partial charge >= 0.3 is 0 Å². The van der Waals surface area contributed by atoms with Crippen LogP contribution in [0.2, 0.25) is 0 Å². The minimum absolute atomic E-state index is 0.239. The zero-order valence-electron chi connectivity index (χ0n) is 16.8. The maximum absolute atomic E-state index is 12.9. The zero-order chi connectivity index (χ0) is 21.3. The second-order valence-corrected chi connectivity index (χ2v) is 7.46. The van der Waals surface area contributed by atoms with E-state index < -0.39 is 17.4 Å². The molecule has 0 spiro atoms. The van der Waals surface area contributed by atoms with Gasteiger partial charge in [-0.25, -0.2) is 4.68 Å². The highest BCUT2D eigenvalue weighted by Gasteiger charge is 2.27. The van der Waals surface area contributed by atoms with Crippen LogP contribution >= 0.6 is 0 Å². The molecule has 1 aromatic heterocycles. The number of nitrogens with zero attached hydrogens (tertiary/aromatic N) is 2. The topological polar surface area (TPSA) is 93.1 Å². The Morgan fingerprint density at radius 1 is 1.10 bits per heavy atom. The summed E-state index contributed by atoms with van der Waals surface area (Å²) >= 11 is 0. The number of carbonyl (C=O) groups excluding carboxylic acids is 2. The van der Waals surface area contributed by atoms with Crippen molar-refractivity contribution in [2.24, 2.45) is 0 Å². The van der Waals surface area contributed by atoms with Gasteiger partial charge in [-0.15, -0.1) is 0 Å². The lowest BCUT2D eigenvalue weighted by Crippen LogP contribution is -2.45. The molecule has 0 radical (unpaired) electrons. The molecule has 1 aliphatic rings. The molecular weight excluding hydrogens is 380 g/mol. The average Bonchev–Trinajstić information content (AvgIpc) is 2.86. The fourth-order valence-corrected chi connectivity index (χ4v) is 3.60. The molecule has 4 rings (SSSR count). The van der Waals surface area contributed by atoms with Crippen molar-refractivity contribution in [1.29, 1.82) is 0 Å². The highest BCUT2D eigenvalue weighted by molar-refractivity contribution is 6.01. The summed E-state index contributed by atoms with van der Waals surface area (Å²) in [6, 6.07) is 15.8. The molecule has 0 bridgehead atoms. The van der Waals surface area contributed by atoms with Crippen molar-refractivity contribution in [1.82, 2.24) is 15.1 Å². The molecular formula is C23H22N4O3. The Balaban J connectivity index is 1.60. The summed E-state index contributed by atoms with van der Waals surface area (Å²) in [4.78, 5) is 37.9. The molecule has 0 saturated heterocycles. The molecule has 2 aromatic carbocycles. The van der Waals surface area contributed by atoms with E-state index in [0.717, 1.165) is 22.5 Å². The van der Waals surface area contributed by atoms with Gasteiger partial charge in [0.1, 0.15) is 6.04 Å². The number of aryl methyl sites for hydroxylation is 3. The Morgan fingerprint density at radius 3 is 2.70 bits per heavy atom. The molecule has 2 N–H and O–H groups in total. The summed E-state index contributed by atoms with van der Waals surface area (Å²) < 4.78 is 1.56. The van der Waals surface area contributed by atoms with E-state index in [2.05, 4.69) is 15.7 Å². The predicted octanol–water partition coefficient (Wildman–Crippen LogP) is 2.53. The second kappa shape index (κ2) is 7.94. The van der Waals surface area contributed by atoms with E-state index >= 15 is 0 Å². The second-order valence-electron chi connectivity index (χ2n) is 7.46. The molecule has 3 aromatic rings. The normalized spacial score (nSPS) is 15.7. The van der Waals surface area contributed by atoms with E-state index in [0.29, 0.717) is 18.5 Å². The molecule has 0 aliphatic carbocycles. The maximum atomic E-state index is 12.9. The van der Waals surface area contributed by atoms with Gasteiger partial charge in [0.15, 0.2) is 5.69 Å². The van der Waals surface area contributed by atoms with Gasteiger partial charge in [-0.1, -0.05) is 30.3 Å². The molecule has 1 unspecified atom stereocenters. The van der Waals surface area contributed by atoms with Crippen LogP contribution in [0.1, 0.15) is 33.7 Å². The van der Waals surface area contributed by atoms with Gasteiger partial charge in [0.25, 0.3) is 5.91 Å². The van der Waals surface area contributed by atoms with Crippen molar-refractivity contribution in [2.75, 3.05) is 5.32 Å². The van der Waals surface area contributed by atoms with Crippen LogP contribution in [0.4, 0.5) is 5.69 Å². The van der Waals surface area contributed by atoms with Crippen molar-refractivity contribution in [2.45, 2.75) is 32.7 Å². The third-order valence-corrected chi connectivity index (χ3v) is 5.17. The molecule has 7 nitrogen and oxygen atoms in total. The van der Waals surface area contributed by atoms with Crippen LogP contribution in [0.15, 0.2) is 59.4 Å². The third kappa shape index (κ3) is 3.87. The van der Waals surface area contributed by atoms with Crippen LogP contribution < -0.4 is 16.1 Å². The Morgan fingerprint density at radius 2 is 1.90 bits per heavy atom. The van der Waals surface area contributed by atoms with Crippen LogP contribution in [0.25, 0.3) is 5.69 Å². The largest absolute Gasteiger partial charge is 0.339 e. The molecule has 30 heavy (non-hydrogen) atoms. The summed E-state index contributed by atoms with van der Waals surface area (Å²) in [7, 11) is 0. The Kier molecular flexibility index (Phi) is 5.18. The van der Waals surface area contributed by atoms with Gasteiger partial charge in [0.05, 0.1) is 5.69 Å². The van der Waals surface area contributed by atoms with Crippen molar-refractivity contribution in [3.05, 3.63) is 87.3 Å². The summed E-state index contributed by atoms with van der Waals surface area (Å²) in [5, 5.41) is 9.82. The van der Waals surface area contributed by atoms with Gasteiger partial charge in [-0.3, -0.25) is 14.4 Å². The van der Waals surface area contributed by atoms with Crippen LogP contribution in [-0.2, 0) is 11.2 Å². The molecule has 1 aliphatic heterocycles. The number of hydrogen-bond acceptors (Lipinski definition) is 4. The van der Waals surface area contributed by atoms with E-state index in [4.69, 9.17) is 0 Å². The molecule has 0 fully saturated rings. The van der Waals surface area contributed by atoms with Gasteiger partial charge < -0.3 is 10.6 Å². The predicted molar refractivity (Wildman–Crippen MR) is 114 cm³/mol. The first-order chi connectivity index (χ1) is 14.4. The van der Waals surface area contributed by atoms with E-state index in [1.807, 2.05) is 55.5 Å². The summed E-state index contributed by atoms with van der Waals surface area (Å²) in [5.74, 6) is -0.966. The number of nitrogens with one attached hydrogen (secondary N) is 2. The fraction of sp³-hybridized carbons (Fsp3) is 0.217. The van der Waals surface area contributed by atoms with Gasteiger partial charge in [0, 0.05) is 17.4 Å². The number of benzene rings is 2. The van der Waals surface area contributed by atoms with E-state index in [1.54, 1.807) is 11.6 Å². The Bertz CT molecular complexity index is 1200. The van der Waals surface area contributed by atoms with E-state index in [-0.39, 0.29) is 11.6 Å². The van der Waals surface area contributed by atoms with Crippen molar-refractivity contribution < 1.29 is 9.59 Å². The lowest BCUT2D eigenvalue weighted by atomic mass is 10.1. The van der Waals surface area contributed by atoms with Crippen molar-refractivity contribution >= 4 is 17.5 Å². The van der Waals surface area contributed by atoms with Gasteiger partial charge in [0.2, 0.25) is 11.3 Å². The van der Waals surface area contributed by atoms with Gasteiger partial charge in [-0.05, 0) is 56.0 Å². The quantitative estimate of drug-likeness (QED) is 0.704. The first kappa shape index (κ1) is 19.6. The SMILES string of the molecule is Cc1cccc(-n2nc(C(=O)NC3CCc4ccccc4NC3=O)c(=O)cc2C)c1. The van der Waals surface area contributed by atoms with Crippen LogP contribution in [0.3, 0.4) is 0 Å². The van der Waals surface area contributed by atoms with E-state index in [9.17, 15) is 14.4 Å². The number of para-hydroxylation sites is 1. The summed E-state index contributed by atoms with van der Waals surface area (Å²) in [5.41, 5.74) is 3.44. The summed E-state index contributed by atoms with van der Waals surface area (Å²) in [6.07, 6.45) is 1.07. The highest BCUT2D eigenvalue weighted by atomic mass is 16.2. The van der Waals surface area contributed by atoms with Crippen LogP contribution in [0.5, 0.6) is 0 Å². The number of hydrogen-bond donors (Lipinski definition) is 2. The smallest absolute Gasteiger partial charge is 0.276 e. The molecule has 2 heterocycles. The molecule has 0 saturated carbocycles. The first-order valence-electron chi connectivity index (χ1n) is 9.80. The molecule has 2 amide bonds. The third-order valence-electron chi connectivity index (χ3n) is 5.17. The summed E-state index contributed by atoms with van der Waals surface area (Å²) in [6.45, 7) is 3.71. The Labute approximate surface area is 173 Å². The number of aromatic nitrogens is 2. The number of amides is 2. The lowest BCUT2D eigenvalue weighted by molar-refractivity contribution is -0.118. The van der Waals surface area contributed by atoms with Crippen LogP contribution in [0, 0.1) is 13.8 Å². The Hall–Kier alpha value is -3.74. The van der Waals surface area contributed by atoms with Crippen LogP contribution in [-0.4, -0.2) is 27.6 Å². The fourth-order valence-electron chi connectivity index (χ4n) is 3.60. The number of carbonyl (C=O) groups is 2. The maximum Gasteiger partial charge on any atom is 0.276 e. The average molecular weight is 402 g/mol. The van der Waals surface area contributed by atoms with Crippen molar-refractivity contribution in [3.8, 4) is 5.69 Å². The minimum atomic E-state index is -0.750. The molecule has 7 heteroatoms. The minimum Gasteiger partial charge on any atom is -0.339 e. The lowest BCUT2D eigenvalue weighted by Gasteiger charge is -2.16. The standard InChI is InChI=1S/C23H22N4O3/c1-14-6-5-8-17(12-14)27-15(2)13-20(28)21(26-27)23(30)25-19-11-10-16-7-3-4-9-18(16)24-22(19)29/h3-9,12-13,19H,10-11H2,1-2H3,(H,24,29)(H,25,30). The number of anilines is 1. The van der Waals surface area contributed by atoms with Crippen molar-refractivity contribution in [3.63, 3.8) is 0 Å². The highest BCUT2D eigenvalue weighted by Crippen LogP contribution is 2.21. The number of rotatable bonds is 3. The van der Waals surface area contributed by atoms with Gasteiger partial charge in [-0.2, -0.15) is 5.10 Å². The monoisotopic (exact) mass is 402 g/mol. The number of fused-ring (bicyclic) bond motifs is 1.